The molecule has 0 spiro atoms. The average Bonchev–Trinajstić information content (AvgIpc) is 2.96. The molecule has 1 heterocycles. The van der Waals surface area contributed by atoms with E-state index in [1.165, 1.54) is 37.5 Å². The Balaban J connectivity index is 1.86. The van der Waals surface area contributed by atoms with Crippen LogP contribution in [-0.2, 0) is 0 Å². The van der Waals surface area contributed by atoms with Gasteiger partial charge in [0, 0.05) is 5.39 Å². The van der Waals surface area contributed by atoms with Gasteiger partial charge in [-0.25, -0.2) is 0 Å². The fourth-order valence-corrected chi connectivity index (χ4v) is 3.88. The summed E-state index contributed by atoms with van der Waals surface area (Å²) in [4.78, 5) is 0. The van der Waals surface area contributed by atoms with Crippen LogP contribution in [0.15, 0.2) is 34.7 Å². The predicted octanol–water partition coefficient (Wildman–Crippen LogP) is 5.30. The molecule has 3 atom stereocenters. The highest BCUT2D eigenvalue weighted by Crippen LogP contribution is 2.39. The zero-order chi connectivity index (χ0) is 14.7. The molecule has 1 aliphatic rings. The van der Waals surface area contributed by atoms with Crippen LogP contribution < -0.4 is 5.32 Å². The van der Waals surface area contributed by atoms with Crippen LogP contribution in [0.25, 0.3) is 11.0 Å². The van der Waals surface area contributed by atoms with Crippen LogP contribution >= 0.6 is 0 Å². The lowest BCUT2D eigenvalue weighted by Gasteiger charge is -2.33. The first-order valence-corrected chi connectivity index (χ1v) is 8.53. The summed E-state index contributed by atoms with van der Waals surface area (Å²) >= 11 is 0. The molecule has 2 nitrogen and oxygen atoms in total. The van der Waals surface area contributed by atoms with Crippen LogP contribution in [0.3, 0.4) is 0 Å². The fourth-order valence-electron chi connectivity index (χ4n) is 3.88. The second kappa shape index (κ2) is 6.65. The van der Waals surface area contributed by atoms with E-state index in [0.29, 0.717) is 12.0 Å². The molecule has 0 saturated heterocycles. The summed E-state index contributed by atoms with van der Waals surface area (Å²) < 4.78 is 6.14. The summed E-state index contributed by atoms with van der Waals surface area (Å²) in [5, 5.41) is 4.90. The molecular formula is C19H27NO. The summed E-state index contributed by atoms with van der Waals surface area (Å²) in [6.07, 6.45) is 6.75. The third-order valence-corrected chi connectivity index (χ3v) is 5.05. The third kappa shape index (κ3) is 3.16. The van der Waals surface area contributed by atoms with Gasteiger partial charge in [-0.15, -0.1) is 0 Å². The van der Waals surface area contributed by atoms with Gasteiger partial charge in [0.1, 0.15) is 11.3 Å². The summed E-state index contributed by atoms with van der Waals surface area (Å²) in [5.41, 5.74) is 1.01. The minimum Gasteiger partial charge on any atom is -0.459 e. The van der Waals surface area contributed by atoms with Crippen molar-refractivity contribution in [1.29, 1.82) is 0 Å². The minimum atomic E-state index is 0.372. The molecular weight excluding hydrogens is 258 g/mol. The van der Waals surface area contributed by atoms with Crippen LogP contribution in [-0.4, -0.2) is 6.54 Å². The first-order chi connectivity index (χ1) is 10.3. The smallest absolute Gasteiger partial charge is 0.134 e. The molecule has 1 aromatic heterocycles. The van der Waals surface area contributed by atoms with Crippen LogP contribution in [0.1, 0.15) is 57.8 Å². The quantitative estimate of drug-likeness (QED) is 0.806. The molecule has 1 saturated carbocycles. The van der Waals surface area contributed by atoms with E-state index < -0.39 is 0 Å². The normalized spacial score (nSPS) is 24.3. The van der Waals surface area contributed by atoms with Gasteiger partial charge in [-0.05, 0) is 43.4 Å². The van der Waals surface area contributed by atoms with Crippen molar-refractivity contribution >= 4 is 11.0 Å². The van der Waals surface area contributed by atoms with Crippen molar-refractivity contribution in [1.82, 2.24) is 5.32 Å². The largest absolute Gasteiger partial charge is 0.459 e. The van der Waals surface area contributed by atoms with E-state index >= 15 is 0 Å². The molecule has 2 heteroatoms. The van der Waals surface area contributed by atoms with E-state index in [4.69, 9.17) is 4.42 Å². The molecule has 1 fully saturated rings. The Bertz CT molecular complexity index is 541. The number of rotatable bonds is 5. The van der Waals surface area contributed by atoms with Gasteiger partial charge in [0.05, 0.1) is 6.04 Å². The molecule has 0 amide bonds. The molecule has 21 heavy (non-hydrogen) atoms. The van der Waals surface area contributed by atoms with Gasteiger partial charge in [0.15, 0.2) is 0 Å². The van der Waals surface area contributed by atoms with Crippen molar-refractivity contribution < 1.29 is 4.42 Å². The van der Waals surface area contributed by atoms with E-state index in [-0.39, 0.29) is 0 Å². The van der Waals surface area contributed by atoms with Gasteiger partial charge in [-0.3, -0.25) is 0 Å². The van der Waals surface area contributed by atoms with Crippen molar-refractivity contribution in [3.8, 4) is 0 Å². The number of furan rings is 1. The fraction of sp³-hybridized carbons (Fsp3) is 0.579. The van der Waals surface area contributed by atoms with Crippen molar-refractivity contribution in [2.45, 2.75) is 52.0 Å². The number of fused-ring (bicyclic) bond motifs is 1. The Kier molecular flexibility index (Phi) is 4.64. The highest BCUT2D eigenvalue weighted by atomic mass is 16.3. The highest BCUT2D eigenvalue weighted by Gasteiger charge is 2.30. The Labute approximate surface area is 127 Å². The van der Waals surface area contributed by atoms with E-state index in [9.17, 15) is 0 Å². The second-order valence-electron chi connectivity index (χ2n) is 6.42. The highest BCUT2D eigenvalue weighted by molar-refractivity contribution is 5.77. The molecule has 3 unspecified atom stereocenters. The zero-order valence-electron chi connectivity index (χ0n) is 13.3. The number of hydrogen-bond donors (Lipinski definition) is 1. The number of hydrogen-bond acceptors (Lipinski definition) is 2. The molecule has 0 aliphatic heterocycles. The van der Waals surface area contributed by atoms with E-state index in [1.54, 1.807) is 0 Å². The van der Waals surface area contributed by atoms with Gasteiger partial charge >= 0.3 is 0 Å². The average molecular weight is 285 g/mol. The van der Waals surface area contributed by atoms with Gasteiger partial charge in [0.25, 0.3) is 0 Å². The van der Waals surface area contributed by atoms with Crippen molar-refractivity contribution in [2.24, 2.45) is 11.8 Å². The van der Waals surface area contributed by atoms with E-state index in [0.717, 1.165) is 23.8 Å². The first kappa shape index (κ1) is 14.6. The topological polar surface area (TPSA) is 25.2 Å². The molecule has 114 valence electrons. The molecule has 1 aromatic carbocycles. The summed E-state index contributed by atoms with van der Waals surface area (Å²) in [7, 11) is 0. The lowest BCUT2D eigenvalue weighted by molar-refractivity contribution is 0.196. The standard InChI is InChI=1S/C19H27NO/c1-3-14-8-7-10-16(12-14)19(20-4-2)18-13-15-9-5-6-11-17(15)21-18/h5-6,9,11,13-14,16,19-20H,3-4,7-8,10,12H2,1-2H3. The lowest BCUT2D eigenvalue weighted by atomic mass is 9.76. The Morgan fingerprint density at radius 2 is 2.10 bits per heavy atom. The maximum Gasteiger partial charge on any atom is 0.134 e. The number of nitrogens with one attached hydrogen (secondary N) is 1. The Morgan fingerprint density at radius 3 is 2.86 bits per heavy atom. The van der Waals surface area contributed by atoms with E-state index in [2.05, 4.69) is 43.4 Å². The SMILES string of the molecule is CCNC(c1cc2ccccc2o1)C1CCCC(CC)C1. The number of benzene rings is 1. The maximum atomic E-state index is 6.14. The van der Waals surface area contributed by atoms with Gasteiger partial charge < -0.3 is 9.73 Å². The molecule has 3 rings (SSSR count). The Hall–Kier alpha value is -1.28. The molecule has 1 aliphatic carbocycles. The van der Waals surface area contributed by atoms with Gasteiger partial charge in [-0.2, -0.15) is 0 Å². The predicted molar refractivity (Wildman–Crippen MR) is 88.4 cm³/mol. The van der Waals surface area contributed by atoms with Crippen LogP contribution in [0.5, 0.6) is 0 Å². The summed E-state index contributed by atoms with van der Waals surface area (Å²) in [5.74, 6) is 2.73. The van der Waals surface area contributed by atoms with Crippen LogP contribution in [0, 0.1) is 11.8 Å². The maximum absolute atomic E-state index is 6.14. The second-order valence-corrected chi connectivity index (χ2v) is 6.42. The van der Waals surface area contributed by atoms with Crippen molar-refractivity contribution in [3.63, 3.8) is 0 Å². The zero-order valence-corrected chi connectivity index (χ0v) is 13.3. The first-order valence-electron chi connectivity index (χ1n) is 8.53. The van der Waals surface area contributed by atoms with Gasteiger partial charge in [-0.1, -0.05) is 51.3 Å². The number of para-hydroxylation sites is 1. The van der Waals surface area contributed by atoms with Crippen molar-refractivity contribution in [3.05, 3.63) is 36.1 Å². The van der Waals surface area contributed by atoms with E-state index in [1.807, 2.05) is 6.07 Å². The minimum absolute atomic E-state index is 0.372. The summed E-state index contributed by atoms with van der Waals surface area (Å²) in [6, 6.07) is 10.9. The molecule has 1 N–H and O–H groups in total. The molecule has 0 radical (unpaired) electrons. The molecule has 0 bridgehead atoms. The van der Waals surface area contributed by atoms with Crippen molar-refractivity contribution in [2.75, 3.05) is 6.54 Å². The summed E-state index contributed by atoms with van der Waals surface area (Å²) in [6.45, 7) is 5.52. The molecule has 2 aromatic rings. The van der Waals surface area contributed by atoms with Crippen LogP contribution in [0.2, 0.25) is 0 Å². The third-order valence-electron chi connectivity index (χ3n) is 5.05. The van der Waals surface area contributed by atoms with Gasteiger partial charge in [0.2, 0.25) is 0 Å². The Morgan fingerprint density at radius 1 is 1.24 bits per heavy atom. The lowest BCUT2D eigenvalue weighted by Crippen LogP contribution is -2.31. The van der Waals surface area contributed by atoms with Crippen LogP contribution in [0.4, 0.5) is 0 Å². The monoisotopic (exact) mass is 285 g/mol.